The van der Waals surface area contributed by atoms with Gasteiger partial charge in [-0.3, -0.25) is 23.9 Å². The maximum absolute atomic E-state index is 14.8. The molecule has 1 saturated heterocycles. The first-order valence-electron chi connectivity index (χ1n) is 20.3. The topological polar surface area (TPSA) is 161 Å². The van der Waals surface area contributed by atoms with E-state index in [9.17, 15) is 27.6 Å². The van der Waals surface area contributed by atoms with Crippen LogP contribution in [0.5, 0.6) is 5.88 Å². The number of hydrogen-bond donors (Lipinski definition) is 2. The summed E-state index contributed by atoms with van der Waals surface area (Å²) >= 11 is 0. The molecule has 2 aromatic rings. The number of hydrogen-bond acceptors (Lipinski definition) is 9. The van der Waals surface area contributed by atoms with Crippen LogP contribution in [-0.2, 0) is 33.9 Å². The van der Waals surface area contributed by atoms with Crippen LogP contribution in [0, 0.1) is 17.8 Å². The van der Waals surface area contributed by atoms with Gasteiger partial charge in [-0.25, -0.2) is 13.4 Å². The summed E-state index contributed by atoms with van der Waals surface area (Å²) in [4.78, 5) is 62.3. The first kappa shape index (κ1) is 39.0. The Morgan fingerprint density at radius 1 is 0.982 bits per heavy atom. The minimum atomic E-state index is -3.88. The van der Waals surface area contributed by atoms with Crippen LogP contribution in [-0.4, -0.2) is 78.1 Å². The van der Waals surface area contributed by atoms with Crippen LogP contribution in [0.15, 0.2) is 49.2 Å². The summed E-state index contributed by atoms with van der Waals surface area (Å²) in [5.41, 5.74) is -0.498. The zero-order valence-corrected chi connectivity index (χ0v) is 32.4. The molecular weight excluding hydrogens is 721 g/mol. The van der Waals surface area contributed by atoms with E-state index in [0.29, 0.717) is 25.3 Å². The second-order valence-electron chi connectivity index (χ2n) is 16.1. The van der Waals surface area contributed by atoms with Crippen molar-refractivity contribution < 1.29 is 37.1 Å². The molecule has 3 amide bonds. The SMILES string of the molecule is C=C[C@H]1C[C@]1(NC(=O)[C@@H]1C[C@@H]2CN1C(=O)[C@H](C1CCCCC1)CC(=O)OCCCCCCC/C=C/c1ccc3ccnc(c3c1)O2)C(=O)NS(=O)(=O)C1CC1. The summed E-state index contributed by atoms with van der Waals surface area (Å²) in [6.07, 6.45) is 18.4. The monoisotopic (exact) mass is 774 g/mol. The van der Waals surface area contributed by atoms with E-state index in [1.807, 2.05) is 18.2 Å². The van der Waals surface area contributed by atoms with E-state index in [1.165, 1.54) is 11.0 Å². The fraction of sp³-hybridized carbons (Fsp3) is 0.595. The van der Waals surface area contributed by atoms with Gasteiger partial charge < -0.3 is 19.7 Å². The van der Waals surface area contributed by atoms with E-state index in [0.717, 1.165) is 87.0 Å². The Labute approximate surface area is 323 Å². The summed E-state index contributed by atoms with van der Waals surface area (Å²) in [7, 11) is -3.88. The number of pyridine rings is 1. The van der Waals surface area contributed by atoms with E-state index in [4.69, 9.17) is 9.47 Å². The zero-order valence-electron chi connectivity index (χ0n) is 31.6. The number of amides is 3. The Hall–Kier alpha value is -4.26. The largest absolute Gasteiger partial charge is 0.472 e. The lowest BCUT2D eigenvalue weighted by Gasteiger charge is -2.34. The minimum absolute atomic E-state index is 0.0486. The molecule has 1 aromatic heterocycles. The number of nitrogens with one attached hydrogen (secondary N) is 2. The van der Waals surface area contributed by atoms with Crippen molar-refractivity contribution in [3.8, 4) is 5.88 Å². The molecule has 0 radical (unpaired) electrons. The first-order valence-corrected chi connectivity index (χ1v) is 21.8. The predicted octanol–water partition coefficient (Wildman–Crippen LogP) is 5.75. The summed E-state index contributed by atoms with van der Waals surface area (Å²) in [6.45, 7) is 4.18. The van der Waals surface area contributed by atoms with E-state index >= 15 is 0 Å². The molecule has 1 aromatic carbocycles. The van der Waals surface area contributed by atoms with Crippen molar-refractivity contribution in [3.05, 3.63) is 54.8 Å². The number of ether oxygens (including phenoxy) is 2. The molecule has 4 fully saturated rings. The standard InChI is InChI=1S/C42H54N4O8S/c1-2-31-26-42(31,41(50)45-55(51,52)33-18-19-33)44-38(48)36-24-32-27-46(36)40(49)35(29-14-10-8-11-15-29)25-37(47)53-22-12-7-5-3-4-6-9-13-28-16-17-30-20-21-43-39(54-32)34(30)23-28/h2,9,13,16-17,20-21,23,29,31-33,35-36H,1,3-8,10-12,14-15,18-19,22,24-27H2,(H,44,48)(H,45,50)/b13-9+/t31-,32+,35-,36-,42+/m0/s1. The molecule has 5 atom stereocenters. The van der Waals surface area contributed by atoms with Crippen LogP contribution in [0.4, 0.5) is 0 Å². The Balaban J connectivity index is 1.20. The number of fused-ring (bicyclic) bond motifs is 3. The number of cyclic esters (lactones) is 1. The van der Waals surface area contributed by atoms with Crippen molar-refractivity contribution in [1.82, 2.24) is 19.9 Å². The van der Waals surface area contributed by atoms with Gasteiger partial charge in [-0.05, 0) is 80.4 Å². The summed E-state index contributed by atoms with van der Waals surface area (Å²) in [5, 5.41) is 3.99. The molecule has 12 nitrogen and oxygen atoms in total. The van der Waals surface area contributed by atoms with Gasteiger partial charge in [0.2, 0.25) is 27.7 Å². The average Bonchev–Trinajstić information content (AvgIpc) is 4.11. The molecule has 55 heavy (non-hydrogen) atoms. The fourth-order valence-electron chi connectivity index (χ4n) is 8.65. The van der Waals surface area contributed by atoms with Gasteiger partial charge in [0.05, 0.1) is 30.7 Å². The van der Waals surface area contributed by atoms with E-state index in [-0.39, 0.29) is 37.6 Å². The van der Waals surface area contributed by atoms with Crippen molar-refractivity contribution in [3.63, 3.8) is 0 Å². The molecule has 3 aliphatic carbocycles. The van der Waals surface area contributed by atoms with Crippen LogP contribution >= 0.6 is 0 Å². The second-order valence-corrected chi connectivity index (χ2v) is 18.1. The van der Waals surface area contributed by atoms with Gasteiger partial charge in [0, 0.05) is 23.9 Å². The molecule has 7 rings (SSSR count). The summed E-state index contributed by atoms with van der Waals surface area (Å²) in [5.74, 6) is -2.96. The van der Waals surface area contributed by atoms with E-state index < -0.39 is 62.6 Å². The maximum atomic E-state index is 14.8. The van der Waals surface area contributed by atoms with Crippen LogP contribution in [0.3, 0.4) is 0 Å². The Bertz CT molecular complexity index is 1920. The third-order valence-electron chi connectivity index (χ3n) is 12.1. The molecule has 2 aliphatic heterocycles. The van der Waals surface area contributed by atoms with Gasteiger partial charge in [0.1, 0.15) is 17.7 Å². The normalized spacial score (nSPS) is 29.3. The highest BCUT2D eigenvalue weighted by Gasteiger charge is 2.62. The molecule has 4 bridgehead atoms. The number of carbonyl (C=O) groups excluding carboxylic acids is 4. The molecule has 0 spiro atoms. The lowest BCUT2D eigenvalue weighted by molar-refractivity contribution is -0.152. The van der Waals surface area contributed by atoms with Crippen molar-refractivity contribution in [2.75, 3.05) is 13.2 Å². The third-order valence-corrected chi connectivity index (χ3v) is 14.0. The third kappa shape index (κ3) is 9.08. The lowest BCUT2D eigenvalue weighted by atomic mass is 9.77. The molecule has 296 valence electrons. The highest BCUT2D eigenvalue weighted by molar-refractivity contribution is 7.91. The van der Waals surface area contributed by atoms with Crippen molar-refractivity contribution >= 4 is 50.6 Å². The summed E-state index contributed by atoms with van der Waals surface area (Å²) in [6, 6.07) is 6.98. The minimum Gasteiger partial charge on any atom is -0.472 e. The Morgan fingerprint density at radius 3 is 2.51 bits per heavy atom. The van der Waals surface area contributed by atoms with Crippen molar-refractivity contribution in [2.24, 2.45) is 17.8 Å². The number of nitrogens with zero attached hydrogens (tertiary/aromatic N) is 2. The number of allylic oxidation sites excluding steroid dienone is 1. The number of rotatable bonds is 7. The number of esters is 1. The lowest BCUT2D eigenvalue weighted by Crippen LogP contribution is -2.57. The highest BCUT2D eigenvalue weighted by atomic mass is 32.2. The maximum Gasteiger partial charge on any atom is 0.306 e. The van der Waals surface area contributed by atoms with Gasteiger partial charge in [-0.15, -0.1) is 6.58 Å². The smallest absolute Gasteiger partial charge is 0.306 e. The van der Waals surface area contributed by atoms with Gasteiger partial charge in [-0.2, -0.15) is 0 Å². The first-order chi connectivity index (χ1) is 26.6. The predicted molar refractivity (Wildman–Crippen MR) is 208 cm³/mol. The van der Waals surface area contributed by atoms with Gasteiger partial charge in [0.25, 0.3) is 5.91 Å². The quantitative estimate of drug-likeness (QED) is 0.264. The Morgan fingerprint density at radius 2 is 1.75 bits per heavy atom. The van der Waals surface area contributed by atoms with Gasteiger partial charge >= 0.3 is 5.97 Å². The zero-order chi connectivity index (χ0) is 38.6. The molecule has 5 aliphatic rings. The van der Waals surface area contributed by atoms with Gasteiger partial charge in [-0.1, -0.05) is 68.9 Å². The molecular formula is C42H54N4O8S. The van der Waals surface area contributed by atoms with Crippen molar-refractivity contribution in [1.29, 1.82) is 0 Å². The number of benzene rings is 1. The van der Waals surface area contributed by atoms with Crippen LogP contribution in [0.2, 0.25) is 0 Å². The molecule has 2 N–H and O–H groups in total. The number of carbonyl (C=O) groups is 4. The molecule has 3 heterocycles. The summed E-state index contributed by atoms with van der Waals surface area (Å²) < 4.78 is 40.0. The molecule has 13 heteroatoms. The second kappa shape index (κ2) is 16.9. The molecule has 0 unspecified atom stereocenters. The number of sulfonamides is 1. The molecule has 3 saturated carbocycles. The Kier molecular flexibility index (Phi) is 11.9. The van der Waals surface area contributed by atoms with Crippen molar-refractivity contribution in [2.45, 2.75) is 126 Å². The highest BCUT2D eigenvalue weighted by Crippen LogP contribution is 2.46. The van der Waals surface area contributed by atoms with E-state index in [2.05, 4.69) is 39.8 Å². The van der Waals surface area contributed by atoms with Gasteiger partial charge in [0.15, 0.2) is 0 Å². The van der Waals surface area contributed by atoms with E-state index in [1.54, 1.807) is 6.20 Å². The van der Waals surface area contributed by atoms with Crippen LogP contribution in [0.1, 0.15) is 108 Å². The number of aromatic nitrogens is 1. The average molecular weight is 775 g/mol. The fourth-order valence-corrected chi connectivity index (χ4v) is 10.0. The van der Waals surface area contributed by atoms with Crippen LogP contribution < -0.4 is 14.8 Å². The van der Waals surface area contributed by atoms with Crippen LogP contribution in [0.25, 0.3) is 16.8 Å².